The molecule has 112 valence electrons. The first-order valence-electron chi connectivity index (χ1n) is 6.76. The van der Waals surface area contributed by atoms with Crippen LogP contribution in [-0.4, -0.2) is 15.3 Å². The Kier molecular flexibility index (Phi) is 4.21. The fourth-order valence-corrected chi connectivity index (χ4v) is 2.18. The molecule has 1 heterocycles. The van der Waals surface area contributed by atoms with Crippen LogP contribution >= 0.6 is 0 Å². The van der Waals surface area contributed by atoms with Crippen molar-refractivity contribution in [2.24, 2.45) is 5.92 Å². The molecule has 5 heteroatoms. The Morgan fingerprint density at radius 3 is 2.33 bits per heavy atom. The van der Waals surface area contributed by atoms with Gasteiger partial charge in [0.05, 0.1) is 11.6 Å². The van der Waals surface area contributed by atoms with Gasteiger partial charge in [-0.2, -0.15) is 0 Å². The van der Waals surface area contributed by atoms with Crippen molar-refractivity contribution in [3.05, 3.63) is 40.2 Å². The average molecular weight is 290 g/mol. The van der Waals surface area contributed by atoms with Crippen molar-refractivity contribution in [1.82, 2.24) is 0 Å². The molecule has 21 heavy (non-hydrogen) atoms. The fourth-order valence-electron chi connectivity index (χ4n) is 2.18. The van der Waals surface area contributed by atoms with Crippen molar-refractivity contribution in [2.75, 3.05) is 0 Å². The predicted molar refractivity (Wildman–Crippen MR) is 78.6 cm³/mol. The van der Waals surface area contributed by atoms with E-state index in [9.17, 15) is 20.1 Å². The quantitative estimate of drug-likeness (QED) is 0.805. The van der Waals surface area contributed by atoms with E-state index in [0.29, 0.717) is 23.5 Å². The van der Waals surface area contributed by atoms with Gasteiger partial charge < -0.3 is 19.7 Å². The van der Waals surface area contributed by atoms with E-state index < -0.39 is 5.63 Å². The van der Waals surface area contributed by atoms with Crippen LogP contribution in [0, 0.1) is 5.92 Å². The van der Waals surface area contributed by atoms with E-state index in [4.69, 9.17) is 4.42 Å². The summed E-state index contributed by atoms with van der Waals surface area (Å²) in [6, 6.07) is 4.93. The molecule has 0 aliphatic heterocycles. The highest BCUT2D eigenvalue weighted by molar-refractivity contribution is 5.71. The Morgan fingerprint density at radius 2 is 1.71 bits per heavy atom. The van der Waals surface area contributed by atoms with Crippen molar-refractivity contribution >= 4 is 0 Å². The lowest BCUT2D eigenvalue weighted by molar-refractivity contribution is 0.441. The summed E-state index contributed by atoms with van der Waals surface area (Å²) in [6.45, 7) is 4.13. The number of aryl methyl sites for hydroxylation is 1. The smallest absolute Gasteiger partial charge is 0.339 e. The van der Waals surface area contributed by atoms with Crippen molar-refractivity contribution < 1.29 is 19.7 Å². The van der Waals surface area contributed by atoms with Crippen LogP contribution in [0.2, 0.25) is 0 Å². The number of hydrogen-bond donors (Lipinski definition) is 3. The normalized spacial score (nSPS) is 11.0. The molecule has 5 nitrogen and oxygen atoms in total. The molecule has 0 unspecified atom stereocenters. The third-order valence-corrected chi connectivity index (χ3v) is 3.18. The van der Waals surface area contributed by atoms with Gasteiger partial charge in [0.2, 0.25) is 0 Å². The molecule has 2 aromatic rings. The number of phenolic OH excluding ortho intramolecular Hbond substituents is 2. The van der Waals surface area contributed by atoms with E-state index in [2.05, 4.69) is 13.8 Å². The molecule has 3 N–H and O–H groups in total. The highest BCUT2D eigenvalue weighted by Gasteiger charge is 2.16. The molecular weight excluding hydrogens is 272 g/mol. The molecule has 2 rings (SSSR count). The summed E-state index contributed by atoms with van der Waals surface area (Å²) >= 11 is 0. The van der Waals surface area contributed by atoms with Crippen LogP contribution in [0.4, 0.5) is 0 Å². The number of benzene rings is 1. The average Bonchev–Trinajstić information content (AvgIpc) is 2.34. The minimum absolute atomic E-state index is 0.0579. The van der Waals surface area contributed by atoms with Crippen LogP contribution in [0.15, 0.2) is 33.5 Å². The maximum absolute atomic E-state index is 11.4. The minimum Gasteiger partial charge on any atom is -0.508 e. The maximum Gasteiger partial charge on any atom is 0.339 e. The summed E-state index contributed by atoms with van der Waals surface area (Å²) < 4.78 is 5.06. The van der Waals surface area contributed by atoms with Crippen LogP contribution < -0.4 is 5.63 Å². The number of hydrogen-bond acceptors (Lipinski definition) is 5. The van der Waals surface area contributed by atoms with Crippen LogP contribution in [0.5, 0.6) is 17.2 Å². The Bertz CT molecular complexity index is 700. The van der Waals surface area contributed by atoms with E-state index in [0.717, 1.165) is 12.5 Å². The molecule has 0 fully saturated rings. The van der Waals surface area contributed by atoms with Gasteiger partial charge in [0.25, 0.3) is 0 Å². The second-order valence-corrected chi connectivity index (χ2v) is 5.43. The lowest BCUT2D eigenvalue weighted by Crippen LogP contribution is -2.00. The Labute approximate surface area is 122 Å². The first-order valence-corrected chi connectivity index (χ1v) is 6.76. The van der Waals surface area contributed by atoms with Gasteiger partial charge in [-0.3, -0.25) is 0 Å². The van der Waals surface area contributed by atoms with E-state index in [1.54, 1.807) is 0 Å². The predicted octanol–water partition coefficient (Wildman–Crippen LogP) is 3.01. The van der Waals surface area contributed by atoms with Gasteiger partial charge in [-0.25, -0.2) is 4.79 Å². The standard InChI is InChI=1S/C16H18O5/c1-9(2)3-4-10-5-11(17)6-13(19)16(10)14-7-12(18)8-15(20)21-14/h5-9,17-19H,3-4H2,1-2H3. The Hall–Kier alpha value is -2.43. The van der Waals surface area contributed by atoms with E-state index >= 15 is 0 Å². The number of phenols is 2. The van der Waals surface area contributed by atoms with Crippen molar-refractivity contribution in [1.29, 1.82) is 0 Å². The maximum atomic E-state index is 11.4. The summed E-state index contributed by atoms with van der Waals surface area (Å²) in [5.74, 6) is 0.0401. The first kappa shape index (κ1) is 15.0. The van der Waals surface area contributed by atoms with E-state index in [1.807, 2.05) is 0 Å². The molecule has 0 aliphatic rings. The molecule has 0 spiro atoms. The Balaban J connectivity index is 2.57. The molecule has 0 bridgehead atoms. The van der Waals surface area contributed by atoms with Gasteiger partial charge in [0.15, 0.2) is 0 Å². The van der Waals surface area contributed by atoms with Crippen LogP contribution in [0.25, 0.3) is 11.3 Å². The lowest BCUT2D eigenvalue weighted by Gasteiger charge is -2.13. The molecule has 0 saturated carbocycles. The highest BCUT2D eigenvalue weighted by Crippen LogP contribution is 2.37. The molecule has 0 radical (unpaired) electrons. The molecule has 0 aliphatic carbocycles. The molecule has 0 atom stereocenters. The lowest BCUT2D eigenvalue weighted by atomic mass is 9.96. The highest BCUT2D eigenvalue weighted by atomic mass is 16.4. The number of rotatable bonds is 4. The molecular formula is C16H18O5. The molecule has 0 saturated heterocycles. The SMILES string of the molecule is CC(C)CCc1cc(O)cc(O)c1-c1cc(O)cc(=O)o1. The van der Waals surface area contributed by atoms with Gasteiger partial charge in [0.1, 0.15) is 23.0 Å². The van der Waals surface area contributed by atoms with Gasteiger partial charge in [-0.1, -0.05) is 13.8 Å². The van der Waals surface area contributed by atoms with Gasteiger partial charge >= 0.3 is 5.63 Å². The zero-order chi connectivity index (χ0) is 15.6. The first-order chi connectivity index (χ1) is 9.86. The zero-order valence-corrected chi connectivity index (χ0v) is 12.0. The van der Waals surface area contributed by atoms with E-state index in [1.165, 1.54) is 18.2 Å². The second kappa shape index (κ2) is 5.91. The van der Waals surface area contributed by atoms with Crippen LogP contribution in [0.3, 0.4) is 0 Å². The molecule has 1 aromatic heterocycles. The minimum atomic E-state index is -0.702. The van der Waals surface area contributed by atoms with Gasteiger partial charge in [-0.15, -0.1) is 0 Å². The molecule has 1 aromatic carbocycles. The van der Waals surface area contributed by atoms with Crippen LogP contribution in [-0.2, 0) is 6.42 Å². The Morgan fingerprint density at radius 1 is 1.05 bits per heavy atom. The van der Waals surface area contributed by atoms with Gasteiger partial charge in [-0.05, 0) is 30.4 Å². The number of aromatic hydroxyl groups is 3. The fraction of sp³-hybridized carbons (Fsp3) is 0.312. The summed E-state index contributed by atoms with van der Waals surface area (Å²) in [5.41, 5.74) is 0.281. The summed E-state index contributed by atoms with van der Waals surface area (Å²) in [5, 5.41) is 29.2. The van der Waals surface area contributed by atoms with Gasteiger partial charge in [0, 0.05) is 12.1 Å². The third-order valence-electron chi connectivity index (χ3n) is 3.18. The van der Waals surface area contributed by atoms with Crippen molar-refractivity contribution in [3.63, 3.8) is 0 Å². The monoisotopic (exact) mass is 290 g/mol. The zero-order valence-electron chi connectivity index (χ0n) is 12.0. The van der Waals surface area contributed by atoms with Crippen LogP contribution in [0.1, 0.15) is 25.8 Å². The molecule has 0 amide bonds. The van der Waals surface area contributed by atoms with E-state index in [-0.39, 0.29) is 23.0 Å². The van der Waals surface area contributed by atoms with Crippen molar-refractivity contribution in [3.8, 4) is 28.6 Å². The summed E-state index contributed by atoms with van der Waals surface area (Å²) in [6.07, 6.45) is 1.45. The summed E-state index contributed by atoms with van der Waals surface area (Å²) in [4.78, 5) is 11.4. The van der Waals surface area contributed by atoms with Crippen molar-refractivity contribution in [2.45, 2.75) is 26.7 Å². The second-order valence-electron chi connectivity index (χ2n) is 5.43. The third kappa shape index (κ3) is 3.56. The summed E-state index contributed by atoms with van der Waals surface area (Å²) in [7, 11) is 0. The topological polar surface area (TPSA) is 90.9 Å². The largest absolute Gasteiger partial charge is 0.508 e.